The Morgan fingerprint density at radius 1 is 1.17 bits per heavy atom. The quantitative estimate of drug-likeness (QED) is 0.203. The van der Waals surface area contributed by atoms with Gasteiger partial charge in [0, 0.05) is 45.1 Å². The van der Waals surface area contributed by atoms with Gasteiger partial charge in [-0.2, -0.15) is 0 Å². The van der Waals surface area contributed by atoms with Gasteiger partial charge in [-0.3, -0.25) is 0 Å². The molecule has 0 radical (unpaired) electrons. The van der Waals surface area contributed by atoms with Crippen LogP contribution >= 0.6 is 24.0 Å². The zero-order valence-corrected chi connectivity index (χ0v) is 21.4. The maximum Gasteiger partial charge on any atom is 0.191 e. The third-order valence-electron chi connectivity index (χ3n) is 4.59. The number of hydrogen-bond acceptors (Lipinski definition) is 4. The zero-order chi connectivity index (χ0) is 21.0. The van der Waals surface area contributed by atoms with Crippen LogP contribution in [0.2, 0.25) is 0 Å². The first kappa shape index (κ1) is 27.0. The average molecular weight is 533 g/mol. The van der Waals surface area contributed by atoms with Crippen LogP contribution in [0.1, 0.15) is 52.5 Å². The number of nitrogens with one attached hydrogen (secondary N) is 2. The Morgan fingerprint density at radius 3 is 2.60 bits per heavy atom. The van der Waals surface area contributed by atoms with Gasteiger partial charge in [-0.15, -0.1) is 24.0 Å². The predicted molar refractivity (Wildman–Crippen MR) is 134 cm³/mol. The van der Waals surface area contributed by atoms with E-state index in [2.05, 4.69) is 44.4 Å². The predicted octanol–water partition coefficient (Wildman–Crippen LogP) is 4.37. The number of nitrogens with zero attached hydrogens (tertiary/aromatic N) is 1. The minimum absolute atomic E-state index is 0. The minimum atomic E-state index is -0.229. The summed E-state index contributed by atoms with van der Waals surface area (Å²) in [5.41, 5.74) is 0.854. The molecule has 1 heterocycles. The Bertz CT molecular complexity index is 614. The molecule has 1 aromatic carbocycles. The number of ether oxygens (including phenoxy) is 3. The molecule has 0 bridgehead atoms. The first-order chi connectivity index (χ1) is 14.0. The smallest absolute Gasteiger partial charge is 0.191 e. The molecule has 7 heteroatoms. The topological polar surface area (TPSA) is 64.1 Å². The Morgan fingerprint density at radius 2 is 1.90 bits per heavy atom. The van der Waals surface area contributed by atoms with Gasteiger partial charge >= 0.3 is 0 Å². The summed E-state index contributed by atoms with van der Waals surface area (Å²) < 4.78 is 17.3. The number of para-hydroxylation sites is 1. The number of rotatable bonds is 10. The Balaban J connectivity index is 0.00000450. The summed E-state index contributed by atoms with van der Waals surface area (Å²) in [5, 5.41) is 6.70. The van der Waals surface area contributed by atoms with Crippen molar-refractivity contribution in [3.8, 4) is 5.75 Å². The standard InChI is InChI=1S/C23H39N3O3.HI/c1-5-24-22(25-13-8-14-28-18-19-11-15-27-16-12-19)26-17-20-9-6-7-10-21(20)29-23(2,3)4;/h6-7,9-10,19H,5,8,11-18H2,1-4H3,(H2,24,25,26);1H. The van der Waals surface area contributed by atoms with Gasteiger partial charge in [0.25, 0.3) is 0 Å². The fourth-order valence-corrected chi connectivity index (χ4v) is 3.11. The molecule has 1 fully saturated rings. The van der Waals surface area contributed by atoms with Gasteiger partial charge < -0.3 is 24.8 Å². The summed E-state index contributed by atoms with van der Waals surface area (Å²) >= 11 is 0. The lowest BCUT2D eigenvalue weighted by molar-refractivity contribution is 0.0203. The Labute approximate surface area is 199 Å². The van der Waals surface area contributed by atoms with Gasteiger partial charge in [-0.25, -0.2) is 4.99 Å². The highest BCUT2D eigenvalue weighted by atomic mass is 127. The van der Waals surface area contributed by atoms with E-state index in [1.807, 2.05) is 18.2 Å². The third kappa shape index (κ3) is 11.4. The summed E-state index contributed by atoms with van der Waals surface area (Å²) in [6.45, 7) is 13.9. The molecular formula is C23H40IN3O3. The Kier molecular flexibility index (Phi) is 13.4. The third-order valence-corrected chi connectivity index (χ3v) is 4.59. The average Bonchev–Trinajstić information content (AvgIpc) is 2.69. The fourth-order valence-electron chi connectivity index (χ4n) is 3.11. The molecule has 1 saturated heterocycles. The molecule has 172 valence electrons. The molecule has 0 unspecified atom stereocenters. The van der Waals surface area contributed by atoms with Gasteiger partial charge in [0.15, 0.2) is 5.96 Å². The highest BCUT2D eigenvalue weighted by Gasteiger charge is 2.15. The summed E-state index contributed by atoms with van der Waals surface area (Å²) in [6.07, 6.45) is 3.20. The lowest BCUT2D eigenvalue weighted by atomic mass is 10.0. The zero-order valence-electron chi connectivity index (χ0n) is 19.0. The van der Waals surface area contributed by atoms with E-state index in [0.29, 0.717) is 12.5 Å². The molecule has 0 aromatic heterocycles. The highest BCUT2D eigenvalue weighted by molar-refractivity contribution is 14.0. The summed E-state index contributed by atoms with van der Waals surface area (Å²) in [7, 11) is 0. The van der Waals surface area contributed by atoms with Crippen LogP contribution in [0.4, 0.5) is 0 Å². The molecule has 2 rings (SSSR count). The second kappa shape index (κ2) is 14.9. The van der Waals surface area contributed by atoms with E-state index in [1.54, 1.807) is 0 Å². The van der Waals surface area contributed by atoms with Crippen molar-refractivity contribution in [1.82, 2.24) is 10.6 Å². The molecule has 0 aliphatic carbocycles. The van der Waals surface area contributed by atoms with Crippen LogP contribution in [0.15, 0.2) is 29.3 Å². The monoisotopic (exact) mass is 533 g/mol. The molecule has 0 spiro atoms. The van der Waals surface area contributed by atoms with E-state index in [4.69, 9.17) is 19.2 Å². The van der Waals surface area contributed by atoms with Crippen LogP contribution in [0.5, 0.6) is 5.75 Å². The maximum atomic E-state index is 6.07. The lowest BCUT2D eigenvalue weighted by Gasteiger charge is -2.23. The number of halogens is 1. The Hall–Kier alpha value is -1.06. The van der Waals surface area contributed by atoms with Crippen LogP contribution in [0.3, 0.4) is 0 Å². The number of aliphatic imine (C=N–C) groups is 1. The van der Waals surface area contributed by atoms with Gasteiger partial charge in [-0.1, -0.05) is 18.2 Å². The van der Waals surface area contributed by atoms with Crippen molar-refractivity contribution in [2.24, 2.45) is 10.9 Å². The number of guanidine groups is 1. The molecule has 1 aliphatic rings. The van der Waals surface area contributed by atoms with Crippen molar-refractivity contribution in [2.45, 2.75) is 59.1 Å². The number of hydrogen-bond donors (Lipinski definition) is 2. The second-order valence-corrected chi connectivity index (χ2v) is 8.43. The van der Waals surface area contributed by atoms with E-state index in [-0.39, 0.29) is 29.6 Å². The van der Waals surface area contributed by atoms with Crippen LogP contribution in [0.25, 0.3) is 0 Å². The van der Waals surface area contributed by atoms with Crippen LogP contribution in [-0.4, -0.2) is 51.1 Å². The van der Waals surface area contributed by atoms with E-state index >= 15 is 0 Å². The molecule has 30 heavy (non-hydrogen) atoms. The first-order valence-electron chi connectivity index (χ1n) is 10.9. The molecule has 0 atom stereocenters. The van der Waals surface area contributed by atoms with Gasteiger partial charge in [-0.05, 0) is 58.9 Å². The van der Waals surface area contributed by atoms with Crippen LogP contribution < -0.4 is 15.4 Å². The first-order valence-corrected chi connectivity index (χ1v) is 10.9. The van der Waals surface area contributed by atoms with Crippen LogP contribution in [0, 0.1) is 5.92 Å². The molecular weight excluding hydrogens is 493 g/mol. The normalized spacial score (nSPS) is 15.4. The van der Waals surface area contributed by atoms with Gasteiger partial charge in [0.05, 0.1) is 6.54 Å². The molecule has 0 saturated carbocycles. The minimum Gasteiger partial charge on any atom is -0.488 e. The lowest BCUT2D eigenvalue weighted by Crippen LogP contribution is -2.38. The second-order valence-electron chi connectivity index (χ2n) is 8.43. The summed E-state index contributed by atoms with van der Waals surface area (Å²) in [5.74, 6) is 2.37. The maximum absolute atomic E-state index is 6.07. The highest BCUT2D eigenvalue weighted by Crippen LogP contribution is 2.23. The molecule has 1 aromatic rings. The van der Waals surface area contributed by atoms with Crippen molar-refractivity contribution < 1.29 is 14.2 Å². The van der Waals surface area contributed by atoms with Crippen molar-refractivity contribution in [3.05, 3.63) is 29.8 Å². The molecule has 2 N–H and O–H groups in total. The fraction of sp³-hybridized carbons (Fsp3) is 0.696. The van der Waals surface area contributed by atoms with Crippen molar-refractivity contribution in [3.63, 3.8) is 0 Å². The van der Waals surface area contributed by atoms with E-state index in [0.717, 1.165) is 76.1 Å². The van der Waals surface area contributed by atoms with Crippen molar-refractivity contribution in [1.29, 1.82) is 0 Å². The molecule has 6 nitrogen and oxygen atoms in total. The summed E-state index contributed by atoms with van der Waals surface area (Å²) in [6, 6.07) is 8.10. The molecule has 0 amide bonds. The van der Waals surface area contributed by atoms with Gasteiger partial charge in [0.2, 0.25) is 0 Å². The largest absolute Gasteiger partial charge is 0.488 e. The van der Waals surface area contributed by atoms with E-state index in [1.165, 1.54) is 0 Å². The van der Waals surface area contributed by atoms with E-state index in [9.17, 15) is 0 Å². The van der Waals surface area contributed by atoms with Crippen molar-refractivity contribution in [2.75, 3.05) is 39.5 Å². The van der Waals surface area contributed by atoms with Crippen LogP contribution in [-0.2, 0) is 16.0 Å². The van der Waals surface area contributed by atoms with E-state index < -0.39 is 0 Å². The molecule has 1 aliphatic heterocycles. The number of benzene rings is 1. The SMILES string of the molecule is CCNC(=NCc1ccccc1OC(C)(C)C)NCCCOCC1CCOCC1.I. The summed E-state index contributed by atoms with van der Waals surface area (Å²) in [4.78, 5) is 4.73. The van der Waals surface area contributed by atoms with Crippen molar-refractivity contribution >= 4 is 29.9 Å². The van der Waals surface area contributed by atoms with Gasteiger partial charge in [0.1, 0.15) is 11.4 Å².